The highest BCUT2D eigenvalue weighted by Crippen LogP contribution is 2.20. The molecule has 0 aliphatic carbocycles. The van der Waals surface area contributed by atoms with E-state index in [0.29, 0.717) is 11.5 Å². The Morgan fingerprint density at radius 3 is 2.62 bits per heavy atom. The number of hydrogen-bond acceptors (Lipinski definition) is 5. The summed E-state index contributed by atoms with van der Waals surface area (Å²) in [6.07, 6.45) is 1.52. The van der Waals surface area contributed by atoms with Crippen LogP contribution in [0.3, 0.4) is 0 Å². The van der Waals surface area contributed by atoms with Gasteiger partial charge in [0.1, 0.15) is 5.82 Å². The van der Waals surface area contributed by atoms with E-state index in [-0.39, 0.29) is 17.5 Å². The van der Waals surface area contributed by atoms with Crippen LogP contribution in [0.1, 0.15) is 36.1 Å². The van der Waals surface area contributed by atoms with Crippen molar-refractivity contribution in [1.82, 2.24) is 9.97 Å². The third kappa shape index (κ3) is 3.67. The summed E-state index contributed by atoms with van der Waals surface area (Å²) < 4.78 is 0.948. The Morgan fingerprint density at radius 1 is 1.29 bits per heavy atom. The first-order chi connectivity index (χ1) is 10.0. The minimum absolute atomic E-state index is 0.125. The van der Waals surface area contributed by atoms with E-state index in [2.05, 4.69) is 43.3 Å². The summed E-state index contributed by atoms with van der Waals surface area (Å²) in [4.78, 5) is 20.9. The maximum absolute atomic E-state index is 12.4. The number of hydrogen-bond donors (Lipinski definition) is 3. The van der Waals surface area contributed by atoms with E-state index < -0.39 is 0 Å². The second-order valence-electron chi connectivity index (χ2n) is 4.72. The van der Waals surface area contributed by atoms with Crippen LogP contribution >= 0.6 is 22.6 Å². The van der Waals surface area contributed by atoms with Crippen molar-refractivity contribution in [3.8, 4) is 0 Å². The summed E-state index contributed by atoms with van der Waals surface area (Å²) in [5.74, 6) is 5.83. The fourth-order valence-electron chi connectivity index (χ4n) is 1.70. The van der Waals surface area contributed by atoms with Crippen molar-refractivity contribution >= 4 is 39.9 Å². The zero-order chi connectivity index (χ0) is 15.4. The number of hydrazine groups is 1. The topological polar surface area (TPSA) is 92.9 Å². The van der Waals surface area contributed by atoms with Gasteiger partial charge in [-0.2, -0.15) is 0 Å². The van der Waals surface area contributed by atoms with Crippen molar-refractivity contribution in [2.24, 2.45) is 5.84 Å². The second kappa shape index (κ2) is 6.81. The maximum atomic E-state index is 12.4. The fourth-order valence-corrected chi connectivity index (χ4v) is 2.22. The summed E-state index contributed by atoms with van der Waals surface area (Å²) in [5.41, 5.74) is 3.81. The summed E-state index contributed by atoms with van der Waals surface area (Å²) in [6.45, 7) is 3.93. The lowest BCUT2D eigenvalue weighted by molar-refractivity contribution is 0.102. The van der Waals surface area contributed by atoms with E-state index in [9.17, 15) is 4.79 Å². The number of aromatic nitrogens is 2. The highest BCUT2D eigenvalue weighted by atomic mass is 127. The van der Waals surface area contributed by atoms with Crippen LogP contribution < -0.4 is 16.6 Å². The second-order valence-corrected chi connectivity index (χ2v) is 5.89. The highest BCUT2D eigenvalue weighted by molar-refractivity contribution is 14.1. The normalized spacial score (nSPS) is 10.5. The van der Waals surface area contributed by atoms with Crippen molar-refractivity contribution in [3.05, 3.63) is 45.6 Å². The first-order valence-electron chi connectivity index (χ1n) is 6.42. The van der Waals surface area contributed by atoms with E-state index in [0.717, 1.165) is 9.26 Å². The van der Waals surface area contributed by atoms with E-state index in [1.165, 1.54) is 6.20 Å². The van der Waals surface area contributed by atoms with Crippen LogP contribution in [0.15, 0.2) is 30.5 Å². The molecule has 0 fully saturated rings. The smallest absolute Gasteiger partial charge is 0.276 e. The Bertz CT molecular complexity index is 660. The van der Waals surface area contributed by atoms with Crippen LogP contribution in [0, 0.1) is 3.57 Å². The number of nitrogens with zero attached hydrogens (tertiary/aromatic N) is 2. The highest BCUT2D eigenvalue weighted by Gasteiger charge is 2.17. The number of nitrogen functional groups attached to an aromatic ring is 1. The minimum Gasteiger partial charge on any atom is -0.321 e. The van der Waals surface area contributed by atoms with Crippen LogP contribution in [-0.2, 0) is 0 Å². The summed E-state index contributed by atoms with van der Waals surface area (Å²) in [5, 5.41) is 2.84. The average molecular weight is 397 g/mol. The van der Waals surface area contributed by atoms with Gasteiger partial charge in [0.15, 0.2) is 5.69 Å². The summed E-state index contributed by atoms with van der Waals surface area (Å²) in [6, 6.07) is 7.52. The molecule has 1 aromatic heterocycles. The number of amides is 1. The molecule has 1 heterocycles. The van der Waals surface area contributed by atoms with Crippen molar-refractivity contribution in [2.75, 3.05) is 10.7 Å². The quantitative estimate of drug-likeness (QED) is 0.419. The standard InChI is InChI=1S/C14H16IN5O/c1-8(2)13-17-7-11(20-16)12(19-13)14(21)18-10-6-4-3-5-9(10)15/h3-8,20H,16H2,1-2H3,(H,18,21). The Morgan fingerprint density at radius 2 is 2.00 bits per heavy atom. The van der Waals surface area contributed by atoms with E-state index in [1.807, 2.05) is 38.1 Å². The molecule has 0 saturated heterocycles. The number of nitrogens with one attached hydrogen (secondary N) is 2. The molecule has 6 nitrogen and oxygen atoms in total. The van der Waals surface area contributed by atoms with Gasteiger partial charge in [-0.3, -0.25) is 10.6 Å². The molecule has 0 bridgehead atoms. The van der Waals surface area contributed by atoms with Crippen molar-refractivity contribution in [3.63, 3.8) is 0 Å². The van der Waals surface area contributed by atoms with Crippen LogP contribution in [-0.4, -0.2) is 15.9 Å². The monoisotopic (exact) mass is 397 g/mol. The number of anilines is 2. The lowest BCUT2D eigenvalue weighted by atomic mass is 10.2. The largest absolute Gasteiger partial charge is 0.321 e. The summed E-state index contributed by atoms with van der Waals surface area (Å²) >= 11 is 2.16. The first-order valence-corrected chi connectivity index (χ1v) is 7.50. The predicted octanol–water partition coefficient (Wildman–Crippen LogP) is 2.74. The zero-order valence-electron chi connectivity index (χ0n) is 11.7. The van der Waals surface area contributed by atoms with Crippen LogP contribution in [0.2, 0.25) is 0 Å². The lowest BCUT2D eigenvalue weighted by Crippen LogP contribution is -2.21. The Labute approximate surface area is 136 Å². The van der Waals surface area contributed by atoms with Crippen molar-refractivity contribution < 1.29 is 4.79 Å². The third-order valence-electron chi connectivity index (χ3n) is 2.82. The lowest BCUT2D eigenvalue weighted by Gasteiger charge is -2.12. The number of para-hydroxylation sites is 1. The molecule has 1 amide bonds. The molecule has 0 unspecified atom stereocenters. The predicted molar refractivity (Wildman–Crippen MR) is 91.0 cm³/mol. The molecule has 0 aliphatic rings. The molecule has 7 heteroatoms. The SMILES string of the molecule is CC(C)c1ncc(NN)c(C(=O)Nc2ccccc2I)n1. The number of carbonyl (C=O) groups excluding carboxylic acids is 1. The molecule has 110 valence electrons. The number of halogens is 1. The van der Waals surface area contributed by atoms with Gasteiger partial charge in [-0.05, 0) is 34.7 Å². The van der Waals surface area contributed by atoms with Gasteiger partial charge in [0.2, 0.25) is 0 Å². The van der Waals surface area contributed by atoms with Gasteiger partial charge in [-0.25, -0.2) is 9.97 Å². The fraction of sp³-hybridized carbons (Fsp3) is 0.214. The Kier molecular flexibility index (Phi) is 5.07. The third-order valence-corrected chi connectivity index (χ3v) is 3.76. The Balaban J connectivity index is 2.34. The minimum atomic E-state index is -0.323. The number of carbonyl (C=O) groups is 1. The summed E-state index contributed by atoms with van der Waals surface area (Å²) in [7, 11) is 0. The molecule has 0 saturated carbocycles. The molecule has 2 rings (SSSR count). The number of rotatable bonds is 4. The maximum Gasteiger partial charge on any atom is 0.276 e. The molecule has 1 aromatic carbocycles. The van der Waals surface area contributed by atoms with Gasteiger partial charge in [-0.1, -0.05) is 26.0 Å². The molecule has 2 aromatic rings. The molecular weight excluding hydrogens is 381 g/mol. The van der Waals surface area contributed by atoms with Gasteiger partial charge in [-0.15, -0.1) is 0 Å². The molecule has 0 spiro atoms. The van der Waals surface area contributed by atoms with Gasteiger partial charge in [0, 0.05) is 9.49 Å². The molecular formula is C14H16IN5O. The van der Waals surface area contributed by atoms with Gasteiger partial charge < -0.3 is 10.7 Å². The molecule has 0 radical (unpaired) electrons. The average Bonchev–Trinajstić information content (AvgIpc) is 2.48. The molecule has 0 aliphatic heterocycles. The van der Waals surface area contributed by atoms with E-state index in [1.54, 1.807) is 0 Å². The first kappa shape index (κ1) is 15.6. The van der Waals surface area contributed by atoms with E-state index in [4.69, 9.17) is 5.84 Å². The Hall–Kier alpha value is -1.74. The van der Waals surface area contributed by atoms with Gasteiger partial charge in [0.25, 0.3) is 5.91 Å². The van der Waals surface area contributed by atoms with E-state index >= 15 is 0 Å². The molecule has 21 heavy (non-hydrogen) atoms. The van der Waals surface area contributed by atoms with Crippen LogP contribution in [0.25, 0.3) is 0 Å². The number of nitrogens with two attached hydrogens (primary N) is 1. The van der Waals surface area contributed by atoms with Crippen LogP contribution in [0.4, 0.5) is 11.4 Å². The van der Waals surface area contributed by atoms with Gasteiger partial charge in [0.05, 0.1) is 17.6 Å². The number of benzene rings is 1. The zero-order valence-corrected chi connectivity index (χ0v) is 13.9. The molecule has 0 atom stereocenters. The van der Waals surface area contributed by atoms with Crippen molar-refractivity contribution in [2.45, 2.75) is 19.8 Å². The van der Waals surface area contributed by atoms with Gasteiger partial charge >= 0.3 is 0 Å². The molecule has 4 N–H and O–H groups in total. The van der Waals surface area contributed by atoms with Crippen molar-refractivity contribution in [1.29, 1.82) is 0 Å². The van der Waals surface area contributed by atoms with Crippen LogP contribution in [0.5, 0.6) is 0 Å².